The van der Waals surface area contributed by atoms with Crippen LogP contribution in [0.4, 0.5) is 18.9 Å². The predicted molar refractivity (Wildman–Crippen MR) is 94.0 cm³/mol. The number of hydrogen-bond donors (Lipinski definition) is 2. The number of carbonyl (C=O) groups excluding carboxylic acids is 1. The van der Waals surface area contributed by atoms with Crippen molar-refractivity contribution in [2.24, 2.45) is 0 Å². The summed E-state index contributed by atoms with van der Waals surface area (Å²) in [4.78, 5) is 11.4. The maximum absolute atomic E-state index is 12.2. The Balaban J connectivity index is 1.89. The Morgan fingerprint density at radius 3 is 2.46 bits per heavy atom. The Morgan fingerprint density at radius 1 is 1.15 bits per heavy atom. The zero-order valence-corrected chi connectivity index (χ0v) is 14.4. The average molecular weight is 384 g/mol. The third-order valence-corrected chi connectivity index (χ3v) is 3.40. The summed E-state index contributed by atoms with van der Waals surface area (Å²) < 4.78 is 45.2. The number of carbonyl (C=O) groups is 1. The highest BCUT2D eigenvalue weighted by molar-refractivity contribution is 7.80. The number of hydrogen-bond acceptors (Lipinski definition) is 4. The fourth-order valence-corrected chi connectivity index (χ4v) is 2.21. The molecule has 0 saturated heterocycles. The lowest BCUT2D eigenvalue weighted by Crippen LogP contribution is -2.28. The van der Waals surface area contributed by atoms with Crippen molar-refractivity contribution in [3.8, 4) is 5.75 Å². The molecule has 0 saturated carbocycles. The third kappa shape index (κ3) is 6.25. The van der Waals surface area contributed by atoms with Crippen molar-refractivity contribution >= 4 is 29.0 Å². The fraction of sp³-hybridized carbons (Fsp3) is 0.176. The summed E-state index contributed by atoms with van der Waals surface area (Å²) in [5.41, 5.74) is 1.61. The standard InChI is InChI=1S/C17H15F3N2O3S/c1-24-15(23)12-5-7-13(8-6-12)22-16(26)21-10-11-3-2-4-14(9-11)25-17(18,19)20/h2-9H,10H2,1H3,(H2,21,22,26). The van der Waals surface area contributed by atoms with Gasteiger partial charge in [0, 0.05) is 12.2 Å². The van der Waals surface area contributed by atoms with Gasteiger partial charge in [-0.1, -0.05) is 12.1 Å². The van der Waals surface area contributed by atoms with Gasteiger partial charge in [0.15, 0.2) is 5.11 Å². The van der Waals surface area contributed by atoms with E-state index in [0.29, 0.717) is 16.8 Å². The van der Waals surface area contributed by atoms with E-state index < -0.39 is 12.3 Å². The SMILES string of the molecule is COC(=O)c1ccc(NC(=S)NCc2cccc(OC(F)(F)F)c2)cc1. The molecule has 0 aromatic heterocycles. The van der Waals surface area contributed by atoms with E-state index in [1.54, 1.807) is 30.3 Å². The first-order valence-electron chi connectivity index (χ1n) is 7.35. The molecular weight excluding hydrogens is 369 g/mol. The number of ether oxygens (including phenoxy) is 2. The highest BCUT2D eigenvalue weighted by Gasteiger charge is 2.31. The van der Waals surface area contributed by atoms with Gasteiger partial charge in [0.2, 0.25) is 0 Å². The molecule has 0 fully saturated rings. The van der Waals surface area contributed by atoms with Crippen LogP contribution in [-0.4, -0.2) is 24.6 Å². The molecule has 0 radical (unpaired) electrons. The van der Waals surface area contributed by atoms with E-state index in [-0.39, 0.29) is 17.4 Å². The lowest BCUT2D eigenvalue weighted by molar-refractivity contribution is -0.274. The van der Waals surface area contributed by atoms with Crippen molar-refractivity contribution in [2.45, 2.75) is 12.9 Å². The highest BCUT2D eigenvalue weighted by Crippen LogP contribution is 2.23. The van der Waals surface area contributed by atoms with Crippen molar-refractivity contribution in [1.82, 2.24) is 5.32 Å². The molecule has 0 spiro atoms. The molecule has 0 aliphatic rings. The Labute approximate surface area is 153 Å². The number of methoxy groups -OCH3 is 1. The quantitative estimate of drug-likeness (QED) is 0.603. The first-order valence-corrected chi connectivity index (χ1v) is 7.75. The van der Waals surface area contributed by atoms with Crippen LogP contribution in [0.15, 0.2) is 48.5 Å². The van der Waals surface area contributed by atoms with Crippen LogP contribution in [0.1, 0.15) is 15.9 Å². The van der Waals surface area contributed by atoms with E-state index in [4.69, 9.17) is 12.2 Å². The average Bonchev–Trinajstić information content (AvgIpc) is 2.59. The highest BCUT2D eigenvalue weighted by atomic mass is 32.1. The summed E-state index contributed by atoms with van der Waals surface area (Å²) in [6.07, 6.45) is -4.74. The van der Waals surface area contributed by atoms with E-state index in [2.05, 4.69) is 20.1 Å². The normalized spacial score (nSPS) is 10.8. The second kappa shape index (κ2) is 8.52. The number of rotatable bonds is 5. The largest absolute Gasteiger partial charge is 0.573 e. The van der Waals surface area contributed by atoms with Gasteiger partial charge in [0.1, 0.15) is 5.75 Å². The van der Waals surface area contributed by atoms with Gasteiger partial charge in [-0.15, -0.1) is 13.2 Å². The molecule has 138 valence electrons. The summed E-state index contributed by atoms with van der Waals surface area (Å²) in [7, 11) is 1.29. The monoisotopic (exact) mass is 384 g/mol. The maximum atomic E-state index is 12.2. The minimum absolute atomic E-state index is 0.209. The molecule has 2 aromatic carbocycles. The maximum Gasteiger partial charge on any atom is 0.573 e. The number of halogens is 3. The Morgan fingerprint density at radius 2 is 1.85 bits per heavy atom. The molecule has 0 amide bonds. The van der Waals surface area contributed by atoms with Crippen LogP contribution in [0.5, 0.6) is 5.75 Å². The van der Waals surface area contributed by atoms with Gasteiger partial charge in [-0.25, -0.2) is 4.79 Å². The van der Waals surface area contributed by atoms with Crippen molar-refractivity contribution < 1.29 is 27.4 Å². The summed E-state index contributed by atoms with van der Waals surface area (Å²) in [5, 5.41) is 6.06. The molecule has 0 unspecified atom stereocenters. The fourth-order valence-electron chi connectivity index (χ4n) is 2.02. The minimum Gasteiger partial charge on any atom is -0.465 e. The summed E-state index contributed by atoms with van der Waals surface area (Å²) in [5.74, 6) is -0.743. The molecule has 26 heavy (non-hydrogen) atoms. The molecule has 5 nitrogen and oxygen atoms in total. The first kappa shape index (κ1) is 19.5. The zero-order chi connectivity index (χ0) is 19.2. The van der Waals surface area contributed by atoms with Crippen molar-refractivity contribution in [2.75, 3.05) is 12.4 Å². The number of anilines is 1. The molecule has 2 rings (SSSR count). The second-order valence-electron chi connectivity index (χ2n) is 5.07. The number of nitrogens with one attached hydrogen (secondary N) is 2. The Bertz CT molecular complexity index is 780. The van der Waals surface area contributed by atoms with E-state index >= 15 is 0 Å². The van der Waals surface area contributed by atoms with Gasteiger partial charge >= 0.3 is 12.3 Å². The molecule has 0 atom stereocenters. The van der Waals surface area contributed by atoms with Crippen LogP contribution in [0, 0.1) is 0 Å². The van der Waals surface area contributed by atoms with Crippen LogP contribution in [0.2, 0.25) is 0 Å². The molecule has 2 N–H and O–H groups in total. The van der Waals surface area contributed by atoms with Crippen molar-refractivity contribution in [3.05, 3.63) is 59.7 Å². The predicted octanol–water partition coefficient (Wildman–Crippen LogP) is 3.86. The lowest BCUT2D eigenvalue weighted by atomic mass is 10.2. The molecule has 0 bridgehead atoms. The molecular formula is C17H15F3N2O3S. The smallest absolute Gasteiger partial charge is 0.465 e. The van der Waals surface area contributed by atoms with Gasteiger partial charge in [-0.2, -0.15) is 0 Å². The Hall–Kier alpha value is -2.81. The van der Waals surface area contributed by atoms with E-state index in [9.17, 15) is 18.0 Å². The molecule has 0 aliphatic heterocycles. The number of benzene rings is 2. The molecule has 0 heterocycles. The number of alkyl halides is 3. The zero-order valence-electron chi connectivity index (χ0n) is 13.6. The molecule has 0 aliphatic carbocycles. The summed E-state index contributed by atoms with van der Waals surface area (Å²) in [6.45, 7) is 0.209. The van der Waals surface area contributed by atoms with Gasteiger partial charge in [0.05, 0.1) is 12.7 Å². The van der Waals surface area contributed by atoms with Gasteiger partial charge < -0.3 is 20.1 Å². The molecule has 9 heteroatoms. The van der Waals surface area contributed by atoms with Gasteiger partial charge in [0.25, 0.3) is 0 Å². The van der Waals surface area contributed by atoms with E-state index in [1.807, 2.05) is 0 Å². The summed E-state index contributed by atoms with van der Waals surface area (Å²) >= 11 is 5.14. The lowest BCUT2D eigenvalue weighted by Gasteiger charge is -2.12. The number of esters is 1. The van der Waals surface area contributed by atoms with E-state index in [0.717, 1.165) is 0 Å². The first-order chi connectivity index (χ1) is 12.3. The third-order valence-electron chi connectivity index (χ3n) is 3.15. The van der Waals surface area contributed by atoms with E-state index in [1.165, 1.54) is 25.3 Å². The van der Waals surface area contributed by atoms with Crippen LogP contribution in [0.3, 0.4) is 0 Å². The van der Waals surface area contributed by atoms with Crippen molar-refractivity contribution in [3.63, 3.8) is 0 Å². The van der Waals surface area contributed by atoms with Gasteiger partial charge in [-0.05, 0) is 54.2 Å². The molecule has 2 aromatic rings. The number of thiocarbonyl (C=S) groups is 1. The van der Waals surface area contributed by atoms with Crippen LogP contribution < -0.4 is 15.4 Å². The van der Waals surface area contributed by atoms with Crippen LogP contribution >= 0.6 is 12.2 Å². The topological polar surface area (TPSA) is 59.6 Å². The van der Waals surface area contributed by atoms with Gasteiger partial charge in [-0.3, -0.25) is 0 Å². The second-order valence-corrected chi connectivity index (χ2v) is 5.48. The Kier molecular flexibility index (Phi) is 6.40. The summed E-state index contributed by atoms with van der Waals surface area (Å²) in [6, 6.07) is 12.0. The minimum atomic E-state index is -4.74. The van der Waals surface area contributed by atoms with Crippen LogP contribution in [0.25, 0.3) is 0 Å². The van der Waals surface area contributed by atoms with Crippen molar-refractivity contribution in [1.29, 1.82) is 0 Å². The van der Waals surface area contributed by atoms with Crippen LogP contribution in [-0.2, 0) is 11.3 Å².